The van der Waals surface area contributed by atoms with Crippen LogP contribution in [0.3, 0.4) is 0 Å². The molecule has 2 aromatic rings. The lowest BCUT2D eigenvalue weighted by molar-refractivity contribution is 0.174. The molecule has 0 aliphatic carbocycles. The van der Waals surface area contributed by atoms with Crippen LogP contribution in [-0.2, 0) is 0 Å². The van der Waals surface area contributed by atoms with Gasteiger partial charge in [0, 0.05) is 10.0 Å². The molecule has 80 valence electrons. The number of fused-ring (bicyclic) bond motifs is 1. The summed E-state index contributed by atoms with van der Waals surface area (Å²) in [6.07, 6.45) is 0. The van der Waals surface area contributed by atoms with Crippen LogP contribution in [0.4, 0.5) is 0 Å². The van der Waals surface area contributed by atoms with Gasteiger partial charge in [-0.3, -0.25) is 0 Å². The largest absolute Gasteiger partial charge is 0.454 e. The molecule has 3 heteroatoms. The Morgan fingerprint density at radius 3 is 2.56 bits per heavy atom. The second-order valence-electron chi connectivity index (χ2n) is 3.52. The van der Waals surface area contributed by atoms with Crippen LogP contribution < -0.4 is 9.47 Å². The molecule has 0 unspecified atom stereocenters. The van der Waals surface area contributed by atoms with Crippen molar-refractivity contribution < 1.29 is 9.47 Å². The molecule has 1 heterocycles. The van der Waals surface area contributed by atoms with Gasteiger partial charge in [-0.1, -0.05) is 46.3 Å². The maximum absolute atomic E-state index is 5.51. The quantitative estimate of drug-likeness (QED) is 0.788. The van der Waals surface area contributed by atoms with E-state index >= 15 is 0 Å². The zero-order valence-electron chi connectivity index (χ0n) is 8.44. The molecule has 16 heavy (non-hydrogen) atoms. The molecule has 1 aliphatic heterocycles. The first-order valence-corrected chi connectivity index (χ1v) is 5.79. The summed E-state index contributed by atoms with van der Waals surface area (Å²) in [7, 11) is 0. The van der Waals surface area contributed by atoms with E-state index in [0.717, 1.165) is 27.1 Å². The first kappa shape index (κ1) is 9.73. The first-order valence-electron chi connectivity index (χ1n) is 5.00. The van der Waals surface area contributed by atoms with E-state index in [9.17, 15) is 0 Å². The topological polar surface area (TPSA) is 18.5 Å². The fourth-order valence-electron chi connectivity index (χ4n) is 1.82. The minimum absolute atomic E-state index is 0.297. The van der Waals surface area contributed by atoms with Gasteiger partial charge in [0.2, 0.25) is 6.79 Å². The number of halogens is 1. The molecule has 0 spiro atoms. The van der Waals surface area contributed by atoms with E-state index in [1.54, 1.807) is 0 Å². The van der Waals surface area contributed by atoms with Gasteiger partial charge in [0.15, 0.2) is 11.5 Å². The normalized spacial score (nSPS) is 12.8. The van der Waals surface area contributed by atoms with E-state index in [-0.39, 0.29) is 0 Å². The molecule has 0 bridgehead atoms. The fourth-order valence-corrected chi connectivity index (χ4v) is 2.36. The minimum atomic E-state index is 0.297. The van der Waals surface area contributed by atoms with Crippen molar-refractivity contribution in [2.24, 2.45) is 0 Å². The van der Waals surface area contributed by atoms with Crippen molar-refractivity contribution >= 4 is 15.9 Å². The number of rotatable bonds is 1. The summed E-state index contributed by atoms with van der Waals surface area (Å²) in [6.45, 7) is 0.297. The number of hydrogen-bond acceptors (Lipinski definition) is 2. The predicted molar refractivity (Wildman–Crippen MR) is 65.7 cm³/mol. The average molecular weight is 277 g/mol. The Morgan fingerprint density at radius 1 is 0.938 bits per heavy atom. The van der Waals surface area contributed by atoms with Crippen LogP contribution in [0, 0.1) is 0 Å². The minimum Gasteiger partial charge on any atom is -0.454 e. The van der Waals surface area contributed by atoms with Gasteiger partial charge >= 0.3 is 0 Å². The van der Waals surface area contributed by atoms with Crippen LogP contribution in [0.15, 0.2) is 46.9 Å². The van der Waals surface area contributed by atoms with Crippen molar-refractivity contribution in [1.82, 2.24) is 0 Å². The molecule has 1 aliphatic rings. The lowest BCUT2D eigenvalue weighted by Gasteiger charge is -2.08. The molecule has 0 aromatic heterocycles. The van der Waals surface area contributed by atoms with Crippen molar-refractivity contribution in [3.05, 3.63) is 46.9 Å². The molecule has 3 rings (SSSR count). The molecule has 0 fully saturated rings. The molecule has 0 radical (unpaired) electrons. The Labute approximate surface area is 102 Å². The number of benzene rings is 2. The van der Waals surface area contributed by atoms with Crippen LogP contribution in [0.2, 0.25) is 0 Å². The lowest BCUT2D eigenvalue weighted by Crippen LogP contribution is -1.93. The summed E-state index contributed by atoms with van der Waals surface area (Å²) < 4.78 is 11.9. The van der Waals surface area contributed by atoms with E-state index in [4.69, 9.17) is 9.47 Å². The van der Waals surface area contributed by atoms with Crippen LogP contribution in [0.1, 0.15) is 0 Å². The molecule has 0 atom stereocenters. The summed E-state index contributed by atoms with van der Waals surface area (Å²) in [6, 6.07) is 14.0. The molecular formula is C13H9BrO2. The van der Waals surface area contributed by atoms with Gasteiger partial charge in [-0.15, -0.1) is 0 Å². The van der Waals surface area contributed by atoms with Gasteiger partial charge < -0.3 is 9.47 Å². The monoisotopic (exact) mass is 276 g/mol. The van der Waals surface area contributed by atoms with Gasteiger partial charge in [-0.05, 0) is 17.7 Å². The fraction of sp³-hybridized carbons (Fsp3) is 0.0769. The molecule has 0 saturated heterocycles. The maximum atomic E-state index is 5.51. The summed E-state index contributed by atoms with van der Waals surface area (Å²) in [5, 5.41) is 0. The van der Waals surface area contributed by atoms with Crippen LogP contribution in [0.5, 0.6) is 11.5 Å². The van der Waals surface area contributed by atoms with Crippen molar-refractivity contribution in [1.29, 1.82) is 0 Å². The molecule has 0 N–H and O–H groups in total. The zero-order chi connectivity index (χ0) is 11.0. The first-order chi connectivity index (χ1) is 7.86. The van der Waals surface area contributed by atoms with E-state index in [1.807, 2.05) is 30.3 Å². The Bertz CT molecular complexity index is 523. The molecule has 2 aromatic carbocycles. The third-order valence-electron chi connectivity index (χ3n) is 2.55. The Balaban J connectivity index is 2.24. The van der Waals surface area contributed by atoms with E-state index in [1.165, 1.54) is 0 Å². The summed E-state index contributed by atoms with van der Waals surface area (Å²) in [5.41, 5.74) is 2.17. The highest BCUT2D eigenvalue weighted by atomic mass is 79.9. The van der Waals surface area contributed by atoms with Gasteiger partial charge in [0.25, 0.3) is 0 Å². The Morgan fingerprint density at radius 2 is 1.75 bits per heavy atom. The van der Waals surface area contributed by atoms with Crippen molar-refractivity contribution in [2.75, 3.05) is 6.79 Å². The molecule has 0 saturated carbocycles. The third-order valence-corrected chi connectivity index (χ3v) is 3.21. The highest BCUT2D eigenvalue weighted by Crippen LogP contribution is 2.45. The van der Waals surface area contributed by atoms with Crippen molar-refractivity contribution in [3.63, 3.8) is 0 Å². The zero-order valence-corrected chi connectivity index (χ0v) is 10.0. The van der Waals surface area contributed by atoms with E-state index < -0.39 is 0 Å². The molecule has 2 nitrogen and oxygen atoms in total. The third kappa shape index (κ3) is 1.48. The second-order valence-corrected chi connectivity index (χ2v) is 4.38. The van der Waals surface area contributed by atoms with Crippen molar-refractivity contribution in [3.8, 4) is 22.6 Å². The average Bonchev–Trinajstić information content (AvgIpc) is 2.78. The summed E-state index contributed by atoms with van der Waals surface area (Å²) in [5.74, 6) is 1.63. The van der Waals surface area contributed by atoms with Gasteiger partial charge in [0.05, 0.1) is 0 Å². The Hall–Kier alpha value is -1.48. The molecular weight excluding hydrogens is 268 g/mol. The van der Waals surface area contributed by atoms with Gasteiger partial charge in [-0.2, -0.15) is 0 Å². The second kappa shape index (κ2) is 3.83. The van der Waals surface area contributed by atoms with Gasteiger partial charge in [-0.25, -0.2) is 0 Å². The highest BCUT2D eigenvalue weighted by molar-refractivity contribution is 9.10. The SMILES string of the molecule is Brc1ccc2c(c1-c1ccccc1)OCO2. The maximum Gasteiger partial charge on any atom is 0.231 e. The smallest absolute Gasteiger partial charge is 0.231 e. The van der Waals surface area contributed by atoms with E-state index in [0.29, 0.717) is 6.79 Å². The van der Waals surface area contributed by atoms with Crippen LogP contribution >= 0.6 is 15.9 Å². The lowest BCUT2D eigenvalue weighted by atomic mass is 10.0. The predicted octanol–water partition coefficient (Wildman–Crippen LogP) is 3.84. The standard InChI is InChI=1S/C13H9BrO2/c14-10-6-7-11-13(16-8-15-11)12(10)9-4-2-1-3-5-9/h1-7H,8H2. The van der Waals surface area contributed by atoms with Crippen LogP contribution in [0.25, 0.3) is 11.1 Å². The number of hydrogen-bond donors (Lipinski definition) is 0. The molecule has 0 amide bonds. The van der Waals surface area contributed by atoms with E-state index in [2.05, 4.69) is 28.1 Å². The number of ether oxygens (including phenoxy) is 2. The summed E-state index contributed by atoms with van der Waals surface area (Å²) >= 11 is 3.55. The van der Waals surface area contributed by atoms with Crippen LogP contribution in [-0.4, -0.2) is 6.79 Å². The Kier molecular flexibility index (Phi) is 2.33. The summed E-state index contributed by atoms with van der Waals surface area (Å²) in [4.78, 5) is 0. The van der Waals surface area contributed by atoms with Crippen molar-refractivity contribution in [2.45, 2.75) is 0 Å². The highest BCUT2D eigenvalue weighted by Gasteiger charge is 2.20. The van der Waals surface area contributed by atoms with Gasteiger partial charge in [0.1, 0.15) is 0 Å².